The lowest BCUT2D eigenvalue weighted by Crippen LogP contribution is -2.38. The Morgan fingerprint density at radius 2 is 1.67 bits per heavy atom. The topological polar surface area (TPSA) is 73.2 Å². The van der Waals surface area contributed by atoms with Crippen molar-refractivity contribution in [3.05, 3.63) is 0 Å². The van der Waals surface area contributed by atoms with Gasteiger partial charge in [0, 0.05) is 19.6 Å². The highest BCUT2D eigenvalue weighted by Gasteiger charge is 2.11. The van der Waals surface area contributed by atoms with Gasteiger partial charge in [0.15, 0.2) is 0 Å². The summed E-state index contributed by atoms with van der Waals surface area (Å²) in [4.78, 5) is 1.80. The van der Waals surface area contributed by atoms with Crippen LogP contribution < -0.4 is 0 Å². The van der Waals surface area contributed by atoms with E-state index in [0.29, 0.717) is 19.6 Å². The fraction of sp³-hybridized carbons (Fsp3) is 1.00. The monoisotopic (exact) mass is 221 g/mol. The molecule has 0 aliphatic rings. The van der Waals surface area contributed by atoms with Crippen LogP contribution in [0.5, 0.6) is 0 Å². The first kappa shape index (κ1) is 14.8. The van der Waals surface area contributed by atoms with Gasteiger partial charge in [0.25, 0.3) is 0 Å². The summed E-state index contributed by atoms with van der Waals surface area (Å²) in [7, 11) is 0. The fourth-order valence-corrected chi connectivity index (χ4v) is 1.23. The van der Waals surface area contributed by atoms with Crippen LogP contribution in [0.15, 0.2) is 0 Å². The maximum atomic E-state index is 9.59. The van der Waals surface area contributed by atoms with Gasteiger partial charge in [-0.2, -0.15) is 0 Å². The molecule has 0 bridgehead atoms. The molecule has 5 heteroatoms. The average molecular weight is 221 g/mol. The van der Waals surface area contributed by atoms with E-state index in [4.69, 9.17) is 14.9 Å². The lowest BCUT2D eigenvalue weighted by molar-refractivity contribution is -0.0117. The second-order valence-electron chi connectivity index (χ2n) is 3.78. The Balaban J connectivity index is 3.72. The van der Waals surface area contributed by atoms with Crippen LogP contribution in [0.2, 0.25) is 0 Å². The number of hydrogen-bond acceptors (Lipinski definition) is 5. The highest BCUT2D eigenvalue weighted by Crippen LogP contribution is 1.96. The molecule has 3 N–H and O–H groups in total. The summed E-state index contributed by atoms with van der Waals surface area (Å²) >= 11 is 0. The minimum atomic E-state index is -0.578. The second kappa shape index (κ2) is 9.06. The van der Waals surface area contributed by atoms with Crippen LogP contribution in [0.4, 0.5) is 0 Å². The van der Waals surface area contributed by atoms with Crippen LogP contribution in [0.3, 0.4) is 0 Å². The summed E-state index contributed by atoms with van der Waals surface area (Å²) < 4.78 is 5.26. The number of aliphatic hydroxyl groups excluding tert-OH is 3. The van der Waals surface area contributed by atoms with Crippen LogP contribution >= 0.6 is 0 Å². The van der Waals surface area contributed by atoms with E-state index >= 15 is 0 Å². The van der Waals surface area contributed by atoms with E-state index in [9.17, 15) is 5.11 Å². The van der Waals surface area contributed by atoms with Gasteiger partial charge in [0.1, 0.15) is 0 Å². The van der Waals surface area contributed by atoms with Gasteiger partial charge in [-0.05, 0) is 13.8 Å². The SMILES string of the molecule is CC(C)OC[C@H](O)CN(CCO)CCO. The highest BCUT2D eigenvalue weighted by atomic mass is 16.5. The van der Waals surface area contributed by atoms with Crippen molar-refractivity contribution in [2.24, 2.45) is 0 Å². The lowest BCUT2D eigenvalue weighted by Gasteiger charge is -2.23. The van der Waals surface area contributed by atoms with Crippen molar-refractivity contribution < 1.29 is 20.1 Å². The Morgan fingerprint density at radius 3 is 2.07 bits per heavy atom. The van der Waals surface area contributed by atoms with Crippen molar-refractivity contribution in [1.29, 1.82) is 0 Å². The molecule has 0 radical (unpaired) electrons. The van der Waals surface area contributed by atoms with E-state index in [1.54, 1.807) is 4.90 Å². The summed E-state index contributed by atoms with van der Waals surface area (Å²) in [6.45, 7) is 5.48. The molecular formula is C10H23NO4. The Labute approximate surface area is 91.3 Å². The summed E-state index contributed by atoms with van der Waals surface area (Å²) in [5.41, 5.74) is 0. The van der Waals surface area contributed by atoms with Crippen molar-refractivity contribution in [1.82, 2.24) is 4.90 Å². The first-order valence-corrected chi connectivity index (χ1v) is 5.33. The molecule has 0 saturated carbocycles. The molecule has 0 aliphatic heterocycles. The van der Waals surface area contributed by atoms with Crippen molar-refractivity contribution >= 4 is 0 Å². The molecule has 0 aromatic rings. The Bertz CT molecular complexity index is 137. The predicted molar refractivity (Wildman–Crippen MR) is 57.7 cm³/mol. The zero-order valence-corrected chi connectivity index (χ0v) is 9.59. The maximum Gasteiger partial charge on any atom is 0.0900 e. The zero-order valence-electron chi connectivity index (χ0n) is 9.59. The van der Waals surface area contributed by atoms with Crippen molar-refractivity contribution in [3.8, 4) is 0 Å². The molecule has 15 heavy (non-hydrogen) atoms. The normalized spacial score (nSPS) is 13.8. The van der Waals surface area contributed by atoms with Crippen LogP contribution in [0, 0.1) is 0 Å². The van der Waals surface area contributed by atoms with Gasteiger partial charge >= 0.3 is 0 Å². The van der Waals surface area contributed by atoms with Gasteiger partial charge in [-0.25, -0.2) is 0 Å². The molecule has 0 aliphatic carbocycles. The number of ether oxygens (including phenoxy) is 1. The average Bonchev–Trinajstić information content (AvgIpc) is 2.15. The minimum Gasteiger partial charge on any atom is -0.395 e. The molecule has 0 aromatic heterocycles. The van der Waals surface area contributed by atoms with Gasteiger partial charge in [-0.1, -0.05) is 0 Å². The van der Waals surface area contributed by atoms with Gasteiger partial charge in [-0.15, -0.1) is 0 Å². The summed E-state index contributed by atoms with van der Waals surface area (Å²) in [5, 5.41) is 27.1. The van der Waals surface area contributed by atoms with Crippen LogP contribution in [-0.4, -0.2) is 71.9 Å². The number of nitrogens with zero attached hydrogens (tertiary/aromatic N) is 1. The molecule has 0 amide bonds. The number of rotatable bonds is 9. The molecule has 0 unspecified atom stereocenters. The first-order chi connectivity index (χ1) is 7.10. The number of hydrogen-bond donors (Lipinski definition) is 3. The van der Waals surface area contributed by atoms with Crippen molar-refractivity contribution in [3.63, 3.8) is 0 Å². The summed E-state index contributed by atoms with van der Waals surface area (Å²) in [6.07, 6.45) is -0.478. The summed E-state index contributed by atoms with van der Waals surface area (Å²) in [5.74, 6) is 0. The van der Waals surface area contributed by atoms with E-state index in [1.165, 1.54) is 0 Å². The zero-order chi connectivity index (χ0) is 11.7. The minimum absolute atomic E-state index is 0.0256. The predicted octanol–water partition coefficient (Wildman–Crippen LogP) is -0.941. The molecule has 5 nitrogen and oxygen atoms in total. The third kappa shape index (κ3) is 8.77. The molecule has 0 spiro atoms. The molecule has 92 valence electrons. The van der Waals surface area contributed by atoms with E-state index < -0.39 is 6.10 Å². The highest BCUT2D eigenvalue weighted by molar-refractivity contribution is 4.64. The van der Waals surface area contributed by atoms with Gasteiger partial charge < -0.3 is 20.1 Å². The van der Waals surface area contributed by atoms with E-state index in [-0.39, 0.29) is 25.9 Å². The van der Waals surface area contributed by atoms with Crippen molar-refractivity contribution in [2.75, 3.05) is 39.5 Å². The maximum absolute atomic E-state index is 9.59. The third-order valence-electron chi connectivity index (χ3n) is 1.92. The largest absolute Gasteiger partial charge is 0.395 e. The lowest BCUT2D eigenvalue weighted by atomic mass is 10.3. The molecule has 0 aromatic carbocycles. The van der Waals surface area contributed by atoms with E-state index in [0.717, 1.165) is 0 Å². The van der Waals surface area contributed by atoms with Gasteiger partial charge in [0.05, 0.1) is 32.0 Å². The standard InChI is InChI=1S/C10H23NO4/c1-9(2)15-8-10(14)7-11(3-5-12)4-6-13/h9-10,12-14H,3-8H2,1-2H3/t10-/m1/s1. The Hall–Kier alpha value is -0.200. The number of aliphatic hydroxyl groups is 3. The fourth-order valence-electron chi connectivity index (χ4n) is 1.23. The van der Waals surface area contributed by atoms with Gasteiger partial charge in [-0.3, -0.25) is 4.90 Å². The third-order valence-corrected chi connectivity index (χ3v) is 1.92. The Morgan fingerprint density at radius 1 is 1.13 bits per heavy atom. The molecule has 0 saturated heterocycles. The van der Waals surface area contributed by atoms with Crippen LogP contribution in [0.25, 0.3) is 0 Å². The molecule has 0 fully saturated rings. The molecule has 0 rings (SSSR count). The van der Waals surface area contributed by atoms with Gasteiger partial charge in [0.2, 0.25) is 0 Å². The smallest absolute Gasteiger partial charge is 0.0900 e. The Kier molecular flexibility index (Phi) is 8.94. The molecule has 1 atom stereocenters. The molecular weight excluding hydrogens is 198 g/mol. The van der Waals surface area contributed by atoms with Crippen LogP contribution in [0.1, 0.15) is 13.8 Å². The molecule has 0 heterocycles. The van der Waals surface area contributed by atoms with Crippen molar-refractivity contribution in [2.45, 2.75) is 26.1 Å². The second-order valence-corrected chi connectivity index (χ2v) is 3.78. The first-order valence-electron chi connectivity index (χ1n) is 5.33. The van der Waals surface area contributed by atoms with Crippen LogP contribution in [-0.2, 0) is 4.74 Å². The van der Waals surface area contributed by atoms with E-state index in [2.05, 4.69) is 0 Å². The summed E-state index contributed by atoms with van der Waals surface area (Å²) in [6, 6.07) is 0. The quantitative estimate of drug-likeness (QED) is 0.468. The van der Waals surface area contributed by atoms with E-state index in [1.807, 2.05) is 13.8 Å².